The van der Waals surface area contributed by atoms with Gasteiger partial charge >= 0.3 is 0 Å². The zero-order chi connectivity index (χ0) is 13.4. The Labute approximate surface area is 120 Å². The molecule has 104 valence electrons. The van der Waals surface area contributed by atoms with Crippen LogP contribution in [-0.4, -0.2) is 37.6 Å². The predicted octanol–water partition coefficient (Wildman–Crippen LogP) is 2.78. The van der Waals surface area contributed by atoms with E-state index in [1.54, 1.807) is 5.56 Å². The molecule has 2 heteroatoms. The average Bonchev–Trinajstić information content (AvgIpc) is 3.28. The van der Waals surface area contributed by atoms with Gasteiger partial charge in [0.15, 0.2) is 0 Å². The lowest BCUT2D eigenvalue weighted by molar-refractivity contribution is 0.221. The Balaban J connectivity index is 1.67. The van der Waals surface area contributed by atoms with Crippen molar-refractivity contribution in [2.24, 2.45) is 0 Å². The van der Waals surface area contributed by atoms with Gasteiger partial charge in [-0.3, -0.25) is 4.90 Å². The molecule has 2 nitrogen and oxygen atoms in total. The van der Waals surface area contributed by atoms with Crippen LogP contribution in [-0.2, 0) is 5.41 Å². The van der Waals surface area contributed by atoms with E-state index in [1.165, 1.54) is 43.2 Å². The fourth-order valence-corrected chi connectivity index (χ4v) is 3.65. The van der Waals surface area contributed by atoms with Gasteiger partial charge in [-0.2, -0.15) is 0 Å². The lowest BCUT2D eigenvalue weighted by Crippen LogP contribution is -2.46. The van der Waals surface area contributed by atoms with E-state index in [-0.39, 0.29) is 0 Å². The summed E-state index contributed by atoms with van der Waals surface area (Å²) in [4.78, 5) is 2.64. The summed E-state index contributed by atoms with van der Waals surface area (Å²) in [6, 6.07) is 15.7. The van der Waals surface area contributed by atoms with Crippen LogP contribution < -0.4 is 5.32 Å². The van der Waals surface area contributed by atoms with Gasteiger partial charge in [-0.25, -0.2) is 0 Å². The van der Waals surface area contributed by atoms with Gasteiger partial charge in [0.1, 0.15) is 0 Å². The molecular weight excluding hydrogens is 244 g/mol. The number of rotatable bonds is 3. The van der Waals surface area contributed by atoms with Crippen LogP contribution in [0.3, 0.4) is 0 Å². The number of hydrogen-bond donors (Lipinski definition) is 1. The maximum absolute atomic E-state index is 3.45. The molecule has 0 radical (unpaired) electrons. The highest BCUT2D eigenvalue weighted by atomic mass is 15.2. The fourth-order valence-electron chi connectivity index (χ4n) is 3.65. The summed E-state index contributed by atoms with van der Waals surface area (Å²) in [5.74, 6) is 0. The molecule has 0 aromatic heterocycles. The van der Waals surface area contributed by atoms with Gasteiger partial charge in [0.05, 0.1) is 0 Å². The minimum atomic E-state index is 0.429. The second-order valence-corrected chi connectivity index (χ2v) is 6.33. The molecule has 0 bridgehead atoms. The molecular formula is C18H22N2. The van der Waals surface area contributed by atoms with Crippen molar-refractivity contribution < 1.29 is 0 Å². The van der Waals surface area contributed by atoms with Crippen molar-refractivity contribution in [2.45, 2.75) is 18.3 Å². The monoisotopic (exact) mass is 266 g/mol. The van der Waals surface area contributed by atoms with Gasteiger partial charge in [0, 0.05) is 38.1 Å². The second kappa shape index (κ2) is 4.87. The second-order valence-electron chi connectivity index (χ2n) is 6.33. The van der Waals surface area contributed by atoms with Crippen molar-refractivity contribution in [3.05, 3.63) is 48.0 Å². The number of fused-ring (bicyclic) bond motifs is 1. The Morgan fingerprint density at radius 3 is 2.50 bits per heavy atom. The first-order valence-corrected chi connectivity index (χ1v) is 7.79. The first kappa shape index (κ1) is 12.4. The average molecular weight is 266 g/mol. The van der Waals surface area contributed by atoms with E-state index in [0.717, 1.165) is 13.1 Å². The van der Waals surface area contributed by atoms with Crippen LogP contribution in [0.5, 0.6) is 0 Å². The fraction of sp³-hybridized carbons (Fsp3) is 0.444. The molecule has 2 aromatic carbocycles. The number of nitrogens with zero attached hydrogens (tertiary/aromatic N) is 1. The SMILES string of the molecule is c1ccc2c(C3(CN4CCNCC4)CC3)cccc2c1. The zero-order valence-electron chi connectivity index (χ0n) is 11.9. The molecule has 20 heavy (non-hydrogen) atoms. The van der Waals surface area contributed by atoms with E-state index >= 15 is 0 Å². The summed E-state index contributed by atoms with van der Waals surface area (Å²) in [7, 11) is 0. The topological polar surface area (TPSA) is 15.3 Å². The number of benzene rings is 2. The number of nitrogens with one attached hydrogen (secondary N) is 1. The molecule has 2 fully saturated rings. The van der Waals surface area contributed by atoms with Crippen molar-refractivity contribution in [1.82, 2.24) is 10.2 Å². The molecule has 1 aliphatic carbocycles. The van der Waals surface area contributed by atoms with Crippen LogP contribution in [0.25, 0.3) is 10.8 Å². The van der Waals surface area contributed by atoms with Crippen molar-refractivity contribution >= 4 is 10.8 Å². The van der Waals surface area contributed by atoms with Crippen LogP contribution in [0, 0.1) is 0 Å². The van der Waals surface area contributed by atoms with Gasteiger partial charge in [0.2, 0.25) is 0 Å². The highest BCUT2D eigenvalue weighted by molar-refractivity contribution is 5.87. The molecule has 0 unspecified atom stereocenters. The molecule has 0 atom stereocenters. The lowest BCUT2D eigenvalue weighted by atomic mass is 9.90. The van der Waals surface area contributed by atoms with Gasteiger partial charge in [-0.05, 0) is 29.2 Å². The highest BCUT2D eigenvalue weighted by Crippen LogP contribution is 2.50. The standard InChI is InChI=1S/C18H22N2/c1-2-6-16-15(4-1)5-3-7-17(16)18(8-9-18)14-20-12-10-19-11-13-20/h1-7,19H,8-14H2. The quantitative estimate of drug-likeness (QED) is 0.919. The third kappa shape index (κ3) is 2.13. The Kier molecular flexibility index (Phi) is 3.01. The first-order valence-electron chi connectivity index (χ1n) is 7.79. The molecule has 1 N–H and O–H groups in total. The summed E-state index contributed by atoms with van der Waals surface area (Å²) in [6.45, 7) is 5.93. The Hall–Kier alpha value is -1.38. The number of piperazine rings is 1. The van der Waals surface area contributed by atoms with Crippen molar-refractivity contribution in [1.29, 1.82) is 0 Å². The van der Waals surface area contributed by atoms with Crippen LogP contribution in [0.15, 0.2) is 42.5 Å². The van der Waals surface area contributed by atoms with Crippen molar-refractivity contribution in [2.75, 3.05) is 32.7 Å². The molecule has 1 heterocycles. The Morgan fingerprint density at radius 1 is 0.950 bits per heavy atom. The van der Waals surface area contributed by atoms with Crippen molar-refractivity contribution in [3.8, 4) is 0 Å². The Morgan fingerprint density at radius 2 is 1.70 bits per heavy atom. The maximum Gasteiger partial charge on any atom is 0.0108 e. The van der Waals surface area contributed by atoms with Crippen LogP contribution in [0.4, 0.5) is 0 Å². The van der Waals surface area contributed by atoms with Crippen molar-refractivity contribution in [3.63, 3.8) is 0 Å². The minimum Gasteiger partial charge on any atom is -0.314 e. The van der Waals surface area contributed by atoms with E-state index in [1.807, 2.05) is 0 Å². The summed E-state index contributed by atoms with van der Waals surface area (Å²) < 4.78 is 0. The third-order valence-electron chi connectivity index (χ3n) is 4.95. The molecule has 1 saturated heterocycles. The third-order valence-corrected chi connectivity index (χ3v) is 4.95. The van der Waals surface area contributed by atoms with E-state index in [0.29, 0.717) is 5.41 Å². The Bertz CT molecular complexity index is 604. The molecule has 2 aromatic rings. The maximum atomic E-state index is 3.45. The number of hydrogen-bond acceptors (Lipinski definition) is 2. The van der Waals surface area contributed by atoms with E-state index in [9.17, 15) is 0 Å². The molecule has 2 aliphatic rings. The highest BCUT2D eigenvalue weighted by Gasteiger charge is 2.46. The summed E-state index contributed by atoms with van der Waals surface area (Å²) in [6.07, 6.45) is 2.70. The largest absolute Gasteiger partial charge is 0.314 e. The van der Waals surface area contributed by atoms with Crippen LogP contribution >= 0.6 is 0 Å². The van der Waals surface area contributed by atoms with Gasteiger partial charge < -0.3 is 5.32 Å². The van der Waals surface area contributed by atoms with Crippen LogP contribution in [0.2, 0.25) is 0 Å². The minimum absolute atomic E-state index is 0.429. The molecule has 1 saturated carbocycles. The van der Waals surface area contributed by atoms with Crippen LogP contribution in [0.1, 0.15) is 18.4 Å². The van der Waals surface area contributed by atoms with E-state index < -0.39 is 0 Å². The van der Waals surface area contributed by atoms with Gasteiger partial charge in [-0.15, -0.1) is 0 Å². The first-order chi connectivity index (χ1) is 9.87. The van der Waals surface area contributed by atoms with E-state index in [2.05, 4.69) is 52.7 Å². The smallest absolute Gasteiger partial charge is 0.0108 e. The van der Waals surface area contributed by atoms with Gasteiger partial charge in [0.25, 0.3) is 0 Å². The normalized spacial score (nSPS) is 22.0. The summed E-state index contributed by atoms with van der Waals surface area (Å²) in [5, 5.41) is 6.30. The molecule has 0 spiro atoms. The molecule has 1 aliphatic heterocycles. The summed E-state index contributed by atoms with van der Waals surface area (Å²) >= 11 is 0. The van der Waals surface area contributed by atoms with Gasteiger partial charge in [-0.1, -0.05) is 42.5 Å². The lowest BCUT2D eigenvalue weighted by Gasteiger charge is -2.31. The zero-order valence-corrected chi connectivity index (χ0v) is 11.9. The molecule has 4 rings (SSSR count). The predicted molar refractivity (Wildman–Crippen MR) is 84.2 cm³/mol. The van der Waals surface area contributed by atoms with E-state index in [4.69, 9.17) is 0 Å². The molecule has 0 amide bonds. The summed E-state index contributed by atoms with van der Waals surface area (Å²) in [5.41, 5.74) is 2.01.